The third-order valence-corrected chi connectivity index (χ3v) is 5.74. The topological polar surface area (TPSA) is 66.8 Å². The number of carbonyl (C=O) groups excluding carboxylic acids is 2. The van der Waals surface area contributed by atoms with Crippen molar-refractivity contribution in [2.24, 2.45) is 0 Å². The molecule has 0 saturated carbocycles. The van der Waals surface area contributed by atoms with Crippen molar-refractivity contribution < 1.29 is 23.8 Å². The molecule has 2 aliphatic rings. The number of rotatable bonds is 4. The molecule has 0 radical (unpaired) electrons. The monoisotopic (exact) mass is 459 g/mol. The maximum absolute atomic E-state index is 13.3. The number of ketones is 1. The number of hydrogen-bond acceptors (Lipinski definition) is 4. The zero-order valence-electron chi connectivity index (χ0n) is 15.5. The van der Waals surface area contributed by atoms with Gasteiger partial charge in [0.2, 0.25) is 0 Å². The lowest BCUT2D eigenvalue weighted by molar-refractivity contribution is -0.140. The Balaban J connectivity index is 1.83. The van der Waals surface area contributed by atoms with Gasteiger partial charge < -0.3 is 14.7 Å². The Morgan fingerprint density at radius 1 is 1.21 bits per heavy atom. The zero-order valence-corrected chi connectivity index (χ0v) is 17.1. The van der Waals surface area contributed by atoms with Gasteiger partial charge in [0.25, 0.3) is 11.7 Å². The summed E-state index contributed by atoms with van der Waals surface area (Å²) in [5.74, 6) is -2.20. The number of aliphatic hydroxyl groups is 1. The number of nitrogens with zero attached hydrogens (tertiary/aromatic N) is 1. The van der Waals surface area contributed by atoms with Crippen molar-refractivity contribution in [2.75, 3.05) is 13.2 Å². The first-order valence-electron chi connectivity index (χ1n) is 9.37. The highest BCUT2D eigenvalue weighted by Crippen LogP contribution is 2.40. The molecule has 0 spiro atoms. The number of amides is 1. The molecular formula is C22H19BrFNO4. The summed E-state index contributed by atoms with van der Waals surface area (Å²) in [7, 11) is 0. The third-order valence-electron chi connectivity index (χ3n) is 5.25. The second-order valence-corrected chi connectivity index (χ2v) is 8.06. The van der Waals surface area contributed by atoms with Gasteiger partial charge in [0, 0.05) is 23.2 Å². The molecule has 2 heterocycles. The van der Waals surface area contributed by atoms with Crippen molar-refractivity contribution in [3.8, 4) is 0 Å². The molecule has 1 amide bonds. The summed E-state index contributed by atoms with van der Waals surface area (Å²) in [6, 6.07) is 11.7. The predicted octanol–water partition coefficient (Wildman–Crippen LogP) is 4.19. The molecule has 29 heavy (non-hydrogen) atoms. The first-order chi connectivity index (χ1) is 14.0. The van der Waals surface area contributed by atoms with Crippen LogP contribution >= 0.6 is 15.9 Å². The van der Waals surface area contributed by atoms with E-state index in [1.165, 1.54) is 29.2 Å². The number of likely N-dealkylation sites (tertiary alicyclic amines) is 1. The largest absolute Gasteiger partial charge is 0.507 e. The van der Waals surface area contributed by atoms with E-state index in [1.54, 1.807) is 0 Å². The Morgan fingerprint density at radius 2 is 1.97 bits per heavy atom. The fourth-order valence-electron chi connectivity index (χ4n) is 3.86. The summed E-state index contributed by atoms with van der Waals surface area (Å²) < 4.78 is 19.8. The summed E-state index contributed by atoms with van der Waals surface area (Å²) in [5, 5.41) is 10.9. The zero-order chi connectivity index (χ0) is 20.5. The molecular weight excluding hydrogens is 441 g/mol. The molecule has 0 bridgehead atoms. The van der Waals surface area contributed by atoms with E-state index < -0.39 is 23.5 Å². The van der Waals surface area contributed by atoms with Gasteiger partial charge in [-0.25, -0.2) is 4.39 Å². The van der Waals surface area contributed by atoms with Crippen LogP contribution in [0.3, 0.4) is 0 Å². The van der Waals surface area contributed by atoms with E-state index in [4.69, 9.17) is 4.74 Å². The molecule has 5 nitrogen and oxygen atoms in total. The van der Waals surface area contributed by atoms with Crippen LogP contribution in [-0.2, 0) is 14.3 Å². The molecule has 4 rings (SSSR count). The van der Waals surface area contributed by atoms with Gasteiger partial charge in [-0.2, -0.15) is 0 Å². The van der Waals surface area contributed by atoms with Gasteiger partial charge >= 0.3 is 0 Å². The van der Waals surface area contributed by atoms with Crippen LogP contribution in [0, 0.1) is 5.82 Å². The van der Waals surface area contributed by atoms with Crippen molar-refractivity contribution in [1.82, 2.24) is 4.90 Å². The number of halogens is 2. The number of benzene rings is 2. The first-order valence-corrected chi connectivity index (χ1v) is 10.2. The minimum Gasteiger partial charge on any atom is -0.507 e. The number of Topliss-reactive ketones (excluding diaryl/α,β-unsaturated/α-hetero) is 1. The van der Waals surface area contributed by atoms with Crippen molar-refractivity contribution >= 4 is 33.4 Å². The summed E-state index contributed by atoms with van der Waals surface area (Å²) in [5.41, 5.74) is 0.972. The normalized spacial score (nSPS) is 23.7. The standard InChI is InChI=1S/C22H19BrFNO4/c23-15-4-1-3-14(11-15)19-18(20(26)13-6-8-16(24)9-7-13)21(27)22(28)25(19)12-17-5-2-10-29-17/h1,3-4,6-9,11,17,19,26H,2,5,10,12H2/t17-,19+/m0/s1. The second kappa shape index (κ2) is 8.08. The SMILES string of the molecule is O=C1C(=O)N(C[C@@H]2CCCO2)[C@H](c2cccc(Br)c2)C1=C(O)c1ccc(F)cc1. The van der Waals surface area contributed by atoms with E-state index in [1.807, 2.05) is 24.3 Å². The molecule has 0 unspecified atom stereocenters. The Bertz CT molecular complexity index is 983. The molecule has 2 fully saturated rings. The second-order valence-electron chi connectivity index (χ2n) is 7.15. The Morgan fingerprint density at radius 3 is 2.62 bits per heavy atom. The van der Waals surface area contributed by atoms with Crippen LogP contribution in [0.1, 0.15) is 30.0 Å². The Kier molecular flexibility index (Phi) is 5.52. The average Bonchev–Trinajstić information content (AvgIpc) is 3.30. The first kappa shape index (κ1) is 19.8. The number of ether oxygens (including phenoxy) is 1. The quantitative estimate of drug-likeness (QED) is 0.422. The minimum absolute atomic E-state index is 0.00212. The fourth-order valence-corrected chi connectivity index (χ4v) is 4.28. The van der Waals surface area contributed by atoms with Gasteiger partial charge in [-0.05, 0) is 54.8 Å². The lowest BCUT2D eigenvalue weighted by atomic mass is 9.95. The van der Waals surface area contributed by atoms with E-state index in [0.29, 0.717) is 12.2 Å². The average molecular weight is 460 g/mol. The van der Waals surface area contributed by atoms with Crippen molar-refractivity contribution in [2.45, 2.75) is 25.0 Å². The molecule has 2 saturated heterocycles. The summed E-state index contributed by atoms with van der Waals surface area (Å²) in [6.07, 6.45) is 1.58. The van der Waals surface area contributed by atoms with E-state index in [-0.39, 0.29) is 29.5 Å². The van der Waals surface area contributed by atoms with Crippen LogP contribution in [-0.4, -0.2) is 41.0 Å². The molecule has 2 aliphatic heterocycles. The van der Waals surface area contributed by atoms with E-state index >= 15 is 0 Å². The summed E-state index contributed by atoms with van der Waals surface area (Å²) in [4.78, 5) is 27.2. The van der Waals surface area contributed by atoms with Gasteiger partial charge in [-0.3, -0.25) is 9.59 Å². The highest BCUT2D eigenvalue weighted by Gasteiger charge is 2.47. The third kappa shape index (κ3) is 3.84. The molecule has 2 aromatic carbocycles. The van der Waals surface area contributed by atoms with Crippen LogP contribution in [0.5, 0.6) is 0 Å². The van der Waals surface area contributed by atoms with E-state index in [0.717, 1.165) is 17.3 Å². The summed E-state index contributed by atoms with van der Waals surface area (Å²) in [6.45, 7) is 0.897. The molecule has 0 aromatic heterocycles. The van der Waals surface area contributed by atoms with Crippen LogP contribution in [0.15, 0.2) is 58.6 Å². The van der Waals surface area contributed by atoms with Crippen molar-refractivity contribution in [1.29, 1.82) is 0 Å². The van der Waals surface area contributed by atoms with E-state index in [2.05, 4.69) is 15.9 Å². The van der Waals surface area contributed by atoms with Gasteiger partial charge in [0.05, 0.1) is 17.7 Å². The fraction of sp³-hybridized carbons (Fsp3) is 0.273. The van der Waals surface area contributed by atoms with Crippen LogP contribution < -0.4 is 0 Å². The molecule has 1 N–H and O–H groups in total. The van der Waals surface area contributed by atoms with E-state index in [9.17, 15) is 19.1 Å². The van der Waals surface area contributed by atoms with Crippen molar-refractivity contribution in [3.63, 3.8) is 0 Å². The lowest BCUT2D eigenvalue weighted by Gasteiger charge is -2.27. The maximum atomic E-state index is 13.3. The van der Waals surface area contributed by atoms with Crippen LogP contribution in [0.25, 0.3) is 5.76 Å². The Labute approximate surface area is 175 Å². The minimum atomic E-state index is -0.755. The lowest BCUT2D eigenvalue weighted by Crippen LogP contribution is -2.36. The molecule has 0 aliphatic carbocycles. The highest BCUT2D eigenvalue weighted by atomic mass is 79.9. The molecule has 2 atom stereocenters. The van der Waals surface area contributed by atoms with Gasteiger partial charge in [0.15, 0.2) is 0 Å². The van der Waals surface area contributed by atoms with Crippen molar-refractivity contribution in [3.05, 3.63) is 75.5 Å². The predicted molar refractivity (Wildman–Crippen MR) is 109 cm³/mol. The Hall–Kier alpha value is -2.51. The van der Waals surface area contributed by atoms with Gasteiger partial charge in [-0.1, -0.05) is 28.1 Å². The summed E-state index contributed by atoms with van der Waals surface area (Å²) >= 11 is 3.42. The van der Waals surface area contributed by atoms with Gasteiger partial charge in [-0.15, -0.1) is 0 Å². The number of carbonyl (C=O) groups is 2. The van der Waals surface area contributed by atoms with Crippen LogP contribution in [0.2, 0.25) is 0 Å². The molecule has 2 aromatic rings. The number of aliphatic hydroxyl groups excluding tert-OH is 1. The maximum Gasteiger partial charge on any atom is 0.295 e. The smallest absolute Gasteiger partial charge is 0.295 e. The van der Waals surface area contributed by atoms with Gasteiger partial charge in [0.1, 0.15) is 11.6 Å². The highest BCUT2D eigenvalue weighted by molar-refractivity contribution is 9.10. The molecule has 7 heteroatoms. The van der Waals surface area contributed by atoms with Crippen LogP contribution in [0.4, 0.5) is 4.39 Å². The number of hydrogen-bond donors (Lipinski definition) is 1. The molecule has 150 valence electrons.